The van der Waals surface area contributed by atoms with E-state index in [1.54, 1.807) is 37.3 Å². The fraction of sp³-hybridized carbons (Fsp3) is 0.133. The Morgan fingerprint density at radius 1 is 1.25 bits per heavy atom. The summed E-state index contributed by atoms with van der Waals surface area (Å²) in [5.41, 5.74) is 7.73. The third kappa shape index (κ3) is 3.26. The standard InChI is InChI=1S/C15H15FN2O2/c1-2-20-15(19)13-9-11(17)5-8-14(13)18-12-6-3-10(16)4-7-12/h3-9,18H,2,17H2,1H3. The van der Waals surface area contributed by atoms with Crippen LogP contribution in [0, 0.1) is 5.82 Å². The van der Waals surface area contributed by atoms with Gasteiger partial charge in [0.2, 0.25) is 0 Å². The molecule has 0 saturated carbocycles. The monoisotopic (exact) mass is 274 g/mol. The van der Waals surface area contributed by atoms with E-state index in [1.165, 1.54) is 12.1 Å². The highest BCUT2D eigenvalue weighted by molar-refractivity contribution is 5.97. The Morgan fingerprint density at radius 3 is 2.60 bits per heavy atom. The highest BCUT2D eigenvalue weighted by Gasteiger charge is 2.13. The van der Waals surface area contributed by atoms with Crippen molar-refractivity contribution in [3.05, 3.63) is 53.8 Å². The first-order chi connectivity index (χ1) is 9.60. The molecule has 0 fully saturated rings. The number of nitrogens with one attached hydrogen (secondary N) is 1. The maximum Gasteiger partial charge on any atom is 0.340 e. The van der Waals surface area contributed by atoms with Crippen LogP contribution in [0.3, 0.4) is 0 Å². The van der Waals surface area contributed by atoms with Gasteiger partial charge in [0.25, 0.3) is 0 Å². The summed E-state index contributed by atoms with van der Waals surface area (Å²) >= 11 is 0. The lowest BCUT2D eigenvalue weighted by molar-refractivity contribution is 0.0527. The minimum absolute atomic E-state index is 0.281. The Kier molecular flexibility index (Phi) is 4.20. The molecule has 0 heterocycles. The van der Waals surface area contributed by atoms with Crippen molar-refractivity contribution in [1.29, 1.82) is 0 Å². The van der Waals surface area contributed by atoms with Crippen LogP contribution in [0.25, 0.3) is 0 Å². The first-order valence-corrected chi connectivity index (χ1v) is 6.19. The Bertz CT molecular complexity index is 612. The normalized spacial score (nSPS) is 10.1. The van der Waals surface area contributed by atoms with Gasteiger partial charge >= 0.3 is 5.97 Å². The van der Waals surface area contributed by atoms with Crippen molar-refractivity contribution in [3.63, 3.8) is 0 Å². The van der Waals surface area contributed by atoms with E-state index in [9.17, 15) is 9.18 Å². The van der Waals surface area contributed by atoms with Crippen molar-refractivity contribution in [2.24, 2.45) is 0 Å². The number of carbonyl (C=O) groups is 1. The summed E-state index contributed by atoms with van der Waals surface area (Å²) in [5.74, 6) is -0.775. The summed E-state index contributed by atoms with van der Waals surface area (Å²) in [7, 11) is 0. The van der Waals surface area contributed by atoms with Crippen molar-refractivity contribution in [1.82, 2.24) is 0 Å². The van der Waals surface area contributed by atoms with E-state index in [2.05, 4.69) is 5.32 Å². The Balaban J connectivity index is 2.31. The van der Waals surface area contributed by atoms with Crippen molar-refractivity contribution < 1.29 is 13.9 Å². The van der Waals surface area contributed by atoms with Gasteiger partial charge in [-0.1, -0.05) is 0 Å². The first-order valence-electron chi connectivity index (χ1n) is 6.19. The highest BCUT2D eigenvalue weighted by atomic mass is 19.1. The quantitative estimate of drug-likeness (QED) is 0.663. The maximum absolute atomic E-state index is 12.9. The zero-order valence-corrected chi connectivity index (χ0v) is 11.0. The number of carbonyl (C=O) groups excluding carboxylic acids is 1. The van der Waals surface area contributed by atoms with Crippen molar-refractivity contribution in [3.8, 4) is 0 Å². The number of nitrogen functional groups attached to an aromatic ring is 1. The lowest BCUT2D eigenvalue weighted by Crippen LogP contribution is -2.08. The second-order valence-electron chi connectivity index (χ2n) is 4.16. The molecule has 3 N–H and O–H groups in total. The van der Waals surface area contributed by atoms with E-state index in [1.807, 2.05) is 0 Å². The molecule has 2 aromatic carbocycles. The fourth-order valence-electron chi connectivity index (χ4n) is 1.74. The third-order valence-electron chi connectivity index (χ3n) is 2.66. The van der Waals surface area contributed by atoms with Crippen LogP contribution in [0.4, 0.5) is 21.5 Å². The maximum atomic E-state index is 12.9. The largest absolute Gasteiger partial charge is 0.462 e. The van der Waals surface area contributed by atoms with E-state index in [0.717, 1.165) is 0 Å². The van der Waals surface area contributed by atoms with E-state index in [-0.39, 0.29) is 12.4 Å². The highest BCUT2D eigenvalue weighted by Crippen LogP contribution is 2.24. The number of anilines is 3. The number of ether oxygens (including phenoxy) is 1. The Labute approximate surface area is 116 Å². The van der Waals surface area contributed by atoms with Crippen LogP contribution < -0.4 is 11.1 Å². The van der Waals surface area contributed by atoms with Crippen LogP contribution in [0.5, 0.6) is 0 Å². The lowest BCUT2D eigenvalue weighted by atomic mass is 10.1. The van der Waals surface area contributed by atoms with Gasteiger partial charge in [0.1, 0.15) is 5.82 Å². The molecule has 104 valence electrons. The van der Waals surface area contributed by atoms with Crippen LogP contribution >= 0.6 is 0 Å². The van der Waals surface area contributed by atoms with Gasteiger partial charge in [-0.05, 0) is 49.4 Å². The molecule has 2 aromatic rings. The summed E-state index contributed by atoms with van der Waals surface area (Å²) < 4.78 is 17.9. The van der Waals surface area contributed by atoms with E-state index < -0.39 is 5.97 Å². The minimum atomic E-state index is -0.454. The number of nitrogens with two attached hydrogens (primary N) is 1. The average molecular weight is 274 g/mol. The van der Waals surface area contributed by atoms with Crippen molar-refractivity contribution >= 4 is 23.0 Å². The molecule has 0 aliphatic rings. The molecule has 0 amide bonds. The van der Waals surface area contributed by atoms with Gasteiger partial charge in [-0.25, -0.2) is 9.18 Å². The molecule has 4 nitrogen and oxygen atoms in total. The number of benzene rings is 2. The molecule has 20 heavy (non-hydrogen) atoms. The first kappa shape index (κ1) is 13.9. The molecule has 0 bridgehead atoms. The van der Waals surface area contributed by atoms with Crippen LogP contribution in [-0.2, 0) is 4.74 Å². The molecule has 0 radical (unpaired) electrons. The number of halogens is 1. The molecule has 0 saturated heterocycles. The molecular formula is C15H15FN2O2. The van der Waals surface area contributed by atoms with Crippen LogP contribution in [0.1, 0.15) is 17.3 Å². The van der Waals surface area contributed by atoms with Gasteiger partial charge in [0, 0.05) is 11.4 Å². The van der Waals surface area contributed by atoms with Gasteiger partial charge in [-0.15, -0.1) is 0 Å². The van der Waals surface area contributed by atoms with Crippen LogP contribution in [0.15, 0.2) is 42.5 Å². The fourth-order valence-corrected chi connectivity index (χ4v) is 1.74. The third-order valence-corrected chi connectivity index (χ3v) is 2.66. The van der Waals surface area contributed by atoms with Gasteiger partial charge < -0.3 is 15.8 Å². The lowest BCUT2D eigenvalue weighted by Gasteiger charge is -2.12. The second-order valence-corrected chi connectivity index (χ2v) is 4.16. The topological polar surface area (TPSA) is 64.3 Å². The smallest absolute Gasteiger partial charge is 0.340 e. The van der Waals surface area contributed by atoms with E-state index in [4.69, 9.17) is 10.5 Å². The van der Waals surface area contributed by atoms with Crippen molar-refractivity contribution in [2.75, 3.05) is 17.7 Å². The van der Waals surface area contributed by atoms with E-state index >= 15 is 0 Å². The predicted molar refractivity (Wildman–Crippen MR) is 76.5 cm³/mol. The average Bonchev–Trinajstić information content (AvgIpc) is 2.43. The summed E-state index contributed by atoms with van der Waals surface area (Å²) in [6.45, 7) is 2.01. The number of hydrogen-bond acceptors (Lipinski definition) is 4. The van der Waals surface area contributed by atoms with Gasteiger partial charge in [-0.3, -0.25) is 0 Å². The molecule has 5 heteroatoms. The summed E-state index contributed by atoms with van der Waals surface area (Å²) in [5, 5.41) is 3.04. The molecule has 2 rings (SSSR count). The Morgan fingerprint density at radius 2 is 1.95 bits per heavy atom. The minimum Gasteiger partial charge on any atom is -0.462 e. The molecule has 0 atom stereocenters. The van der Waals surface area contributed by atoms with Gasteiger partial charge in [0.15, 0.2) is 0 Å². The summed E-state index contributed by atoms with van der Waals surface area (Å²) in [6.07, 6.45) is 0. The predicted octanol–water partition coefficient (Wildman–Crippen LogP) is 3.33. The van der Waals surface area contributed by atoms with Gasteiger partial charge in [0.05, 0.1) is 17.9 Å². The molecule has 0 unspecified atom stereocenters. The summed E-state index contributed by atoms with van der Waals surface area (Å²) in [6, 6.07) is 10.7. The zero-order chi connectivity index (χ0) is 14.5. The second kappa shape index (κ2) is 6.06. The SMILES string of the molecule is CCOC(=O)c1cc(N)ccc1Nc1ccc(F)cc1. The van der Waals surface area contributed by atoms with Crippen LogP contribution in [0.2, 0.25) is 0 Å². The summed E-state index contributed by atoms with van der Waals surface area (Å²) in [4.78, 5) is 11.9. The molecule has 0 aromatic heterocycles. The van der Waals surface area contributed by atoms with E-state index in [0.29, 0.717) is 22.6 Å². The zero-order valence-electron chi connectivity index (χ0n) is 11.0. The van der Waals surface area contributed by atoms with Crippen molar-refractivity contribution in [2.45, 2.75) is 6.92 Å². The number of hydrogen-bond donors (Lipinski definition) is 2. The van der Waals surface area contributed by atoms with Crippen LogP contribution in [-0.4, -0.2) is 12.6 Å². The Hall–Kier alpha value is -2.56. The molecule has 0 aliphatic heterocycles. The molecular weight excluding hydrogens is 259 g/mol. The van der Waals surface area contributed by atoms with Gasteiger partial charge in [-0.2, -0.15) is 0 Å². The number of rotatable bonds is 4. The molecule has 0 aliphatic carbocycles. The molecule has 0 spiro atoms. The number of esters is 1.